The Morgan fingerprint density at radius 2 is 2.05 bits per heavy atom. The third kappa shape index (κ3) is 2.73. The number of aromatic nitrogens is 2. The summed E-state index contributed by atoms with van der Waals surface area (Å²) >= 11 is 1.14. The SMILES string of the molecule is CCc1nc2sc(C(N)=O)c(C)c2c(=O)n1CCC(C)=O. The van der Waals surface area contributed by atoms with Crippen LogP contribution in [-0.2, 0) is 17.8 Å². The summed E-state index contributed by atoms with van der Waals surface area (Å²) in [5.74, 6) is 0.0816. The van der Waals surface area contributed by atoms with E-state index in [9.17, 15) is 14.4 Å². The number of aryl methyl sites for hydroxylation is 2. The lowest BCUT2D eigenvalue weighted by Crippen LogP contribution is -2.26. The highest BCUT2D eigenvalue weighted by atomic mass is 32.1. The van der Waals surface area contributed by atoms with E-state index in [2.05, 4.69) is 4.98 Å². The monoisotopic (exact) mass is 307 g/mol. The molecular weight excluding hydrogens is 290 g/mol. The van der Waals surface area contributed by atoms with E-state index in [4.69, 9.17) is 5.73 Å². The number of thiophene rings is 1. The molecule has 0 saturated heterocycles. The van der Waals surface area contributed by atoms with Crippen molar-refractivity contribution in [2.24, 2.45) is 5.73 Å². The molecule has 2 aromatic rings. The largest absolute Gasteiger partial charge is 0.365 e. The molecule has 6 nitrogen and oxygen atoms in total. The van der Waals surface area contributed by atoms with Crippen molar-refractivity contribution in [3.05, 3.63) is 26.6 Å². The van der Waals surface area contributed by atoms with E-state index in [1.807, 2.05) is 6.92 Å². The van der Waals surface area contributed by atoms with Gasteiger partial charge in [0.15, 0.2) is 0 Å². The molecule has 1 amide bonds. The van der Waals surface area contributed by atoms with Crippen LogP contribution in [0, 0.1) is 6.92 Å². The van der Waals surface area contributed by atoms with Crippen LogP contribution in [0.5, 0.6) is 0 Å². The van der Waals surface area contributed by atoms with Crippen LogP contribution in [0.3, 0.4) is 0 Å². The Balaban J connectivity index is 2.71. The Morgan fingerprint density at radius 1 is 1.38 bits per heavy atom. The number of ketones is 1. The molecular formula is C14H17N3O3S. The molecule has 0 aliphatic heterocycles. The molecule has 0 aliphatic rings. The second kappa shape index (κ2) is 5.77. The Labute approximate surface area is 125 Å². The van der Waals surface area contributed by atoms with Crippen LogP contribution in [0.25, 0.3) is 10.2 Å². The molecule has 2 N–H and O–H groups in total. The van der Waals surface area contributed by atoms with Gasteiger partial charge in [0, 0.05) is 19.4 Å². The lowest BCUT2D eigenvalue weighted by Gasteiger charge is -2.10. The first-order valence-electron chi connectivity index (χ1n) is 6.68. The fourth-order valence-corrected chi connectivity index (χ4v) is 3.31. The van der Waals surface area contributed by atoms with Crippen LogP contribution in [0.4, 0.5) is 0 Å². The first-order chi connectivity index (χ1) is 9.86. The molecule has 2 heterocycles. The van der Waals surface area contributed by atoms with Gasteiger partial charge in [-0.3, -0.25) is 19.0 Å². The zero-order valence-electron chi connectivity index (χ0n) is 12.2. The second-order valence-corrected chi connectivity index (χ2v) is 5.89. The number of Topliss-reactive ketones (excluding diaryl/α,β-unsaturated/α-hetero) is 1. The molecule has 2 aromatic heterocycles. The molecule has 0 aromatic carbocycles. The van der Waals surface area contributed by atoms with Crippen molar-refractivity contribution in [2.45, 2.75) is 40.2 Å². The molecule has 0 atom stereocenters. The van der Waals surface area contributed by atoms with Crippen LogP contribution in [0.2, 0.25) is 0 Å². The molecule has 0 spiro atoms. The number of rotatable bonds is 5. The molecule has 0 unspecified atom stereocenters. The fourth-order valence-electron chi connectivity index (χ4n) is 2.26. The van der Waals surface area contributed by atoms with Crippen LogP contribution < -0.4 is 11.3 Å². The van der Waals surface area contributed by atoms with Crippen molar-refractivity contribution in [2.75, 3.05) is 0 Å². The molecule has 0 bridgehead atoms. The predicted octanol–water partition coefficient (Wildman–Crippen LogP) is 1.41. The van der Waals surface area contributed by atoms with E-state index in [0.29, 0.717) is 39.4 Å². The maximum atomic E-state index is 12.6. The van der Waals surface area contributed by atoms with E-state index in [0.717, 1.165) is 11.3 Å². The number of fused-ring (bicyclic) bond motifs is 1. The average molecular weight is 307 g/mol. The van der Waals surface area contributed by atoms with E-state index >= 15 is 0 Å². The number of hydrogen-bond donors (Lipinski definition) is 1. The summed E-state index contributed by atoms with van der Waals surface area (Å²) < 4.78 is 1.52. The first kappa shape index (κ1) is 15.4. The smallest absolute Gasteiger partial charge is 0.262 e. The van der Waals surface area contributed by atoms with Gasteiger partial charge < -0.3 is 5.73 Å². The number of carbonyl (C=O) groups is 2. The van der Waals surface area contributed by atoms with E-state index in [1.165, 1.54) is 11.5 Å². The number of hydrogen-bond acceptors (Lipinski definition) is 5. The first-order valence-corrected chi connectivity index (χ1v) is 7.50. The zero-order chi connectivity index (χ0) is 15.7. The van der Waals surface area contributed by atoms with Crippen molar-refractivity contribution < 1.29 is 9.59 Å². The fraction of sp³-hybridized carbons (Fsp3) is 0.429. The topological polar surface area (TPSA) is 95.0 Å². The van der Waals surface area contributed by atoms with Crippen LogP contribution >= 0.6 is 11.3 Å². The summed E-state index contributed by atoms with van der Waals surface area (Å²) in [7, 11) is 0. The Hall–Kier alpha value is -2.02. The summed E-state index contributed by atoms with van der Waals surface area (Å²) in [6, 6.07) is 0. The molecule has 112 valence electrons. The van der Waals surface area contributed by atoms with Gasteiger partial charge in [0.2, 0.25) is 0 Å². The van der Waals surface area contributed by atoms with Gasteiger partial charge in [0.25, 0.3) is 11.5 Å². The standard InChI is InChI=1S/C14H17N3O3S/c1-4-9-16-13-10(8(3)11(21-13)12(15)19)14(20)17(9)6-5-7(2)18/h4-6H2,1-3H3,(H2,15,19). The zero-order valence-corrected chi connectivity index (χ0v) is 13.0. The minimum absolute atomic E-state index is 0.0175. The van der Waals surface area contributed by atoms with Gasteiger partial charge in [-0.05, 0) is 19.4 Å². The van der Waals surface area contributed by atoms with Gasteiger partial charge in [0.05, 0.1) is 10.3 Å². The molecule has 2 rings (SSSR count). The van der Waals surface area contributed by atoms with Crippen LogP contribution in [0.15, 0.2) is 4.79 Å². The van der Waals surface area contributed by atoms with Gasteiger partial charge >= 0.3 is 0 Å². The number of nitrogens with two attached hydrogens (primary N) is 1. The van der Waals surface area contributed by atoms with Gasteiger partial charge in [-0.1, -0.05) is 6.92 Å². The third-order valence-corrected chi connectivity index (χ3v) is 4.56. The molecule has 0 radical (unpaired) electrons. The quantitative estimate of drug-likeness (QED) is 0.903. The van der Waals surface area contributed by atoms with Gasteiger partial charge in [-0.2, -0.15) is 0 Å². The van der Waals surface area contributed by atoms with E-state index < -0.39 is 5.91 Å². The Morgan fingerprint density at radius 3 is 2.57 bits per heavy atom. The minimum atomic E-state index is -0.553. The predicted molar refractivity (Wildman–Crippen MR) is 81.8 cm³/mol. The average Bonchev–Trinajstić information content (AvgIpc) is 2.74. The third-order valence-electron chi connectivity index (χ3n) is 3.36. The summed E-state index contributed by atoms with van der Waals surface area (Å²) in [6.07, 6.45) is 0.859. The number of nitrogens with zero attached hydrogens (tertiary/aromatic N) is 2. The Bertz CT molecular complexity index is 789. The van der Waals surface area contributed by atoms with E-state index in [1.54, 1.807) is 6.92 Å². The van der Waals surface area contributed by atoms with Gasteiger partial charge in [-0.25, -0.2) is 4.98 Å². The number of amides is 1. The summed E-state index contributed by atoms with van der Waals surface area (Å²) in [4.78, 5) is 40.6. The van der Waals surface area contributed by atoms with Crippen molar-refractivity contribution in [1.29, 1.82) is 0 Å². The molecule has 0 saturated carbocycles. The molecule has 7 heteroatoms. The van der Waals surface area contributed by atoms with Gasteiger partial charge in [-0.15, -0.1) is 11.3 Å². The summed E-state index contributed by atoms with van der Waals surface area (Å²) in [5.41, 5.74) is 5.69. The molecule has 0 fully saturated rings. The maximum Gasteiger partial charge on any atom is 0.262 e. The normalized spacial score (nSPS) is 11.0. The van der Waals surface area contributed by atoms with Crippen LogP contribution in [-0.4, -0.2) is 21.2 Å². The lowest BCUT2D eigenvalue weighted by molar-refractivity contribution is -0.117. The van der Waals surface area contributed by atoms with Crippen LogP contribution in [0.1, 0.15) is 41.3 Å². The summed E-state index contributed by atoms with van der Waals surface area (Å²) in [5, 5.41) is 0.426. The van der Waals surface area contributed by atoms with Gasteiger partial charge in [0.1, 0.15) is 16.4 Å². The molecule has 21 heavy (non-hydrogen) atoms. The van der Waals surface area contributed by atoms with Crippen molar-refractivity contribution >= 4 is 33.2 Å². The highest BCUT2D eigenvalue weighted by molar-refractivity contribution is 7.20. The lowest BCUT2D eigenvalue weighted by atomic mass is 10.2. The second-order valence-electron chi connectivity index (χ2n) is 4.89. The minimum Gasteiger partial charge on any atom is -0.365 e. The highest BCUT2D eigenvalue weighted by Crippen LogP contribution is 2.27. The maximum absolute atomic E-state index is 12.6. The van der Waals surface area contributed by atoms with E-state index in [-0.39, 0.29) is 17.8 Å². The van der Waals surface area contributed by atoms with Crippen molar-refractivity contribution in [1.82, 2.24) is 9.55 Å². The highest BCUT2D eigenvalue weighted by Gasteiger charge is 2.19. The number of primary amides is 1. The molecule has 0 aliphatic carbocycles. The number of carbonyl (C=O) groups excluding carboxylic acids is 2. The van der Waals surface area contributed by atoms with Crippen molar-refractivity contribution in [3.63, 3.8) is 0 Å². The summed E-state index contributed by atoms with van der Waals surface area (Å²) in [6.45, 7) is 5.39. The van der Waals surface area contributed by atoms with Crippen molar-refractivity contribution in [3.8, 4) is 0 Å². The Kier molecular flexibility index (Phi) is 4.22.